The summed E-state index contributed by atoms with van der Waals surface area (Å²) in [7, 11) is 0. The van der Waals surface area contributed by atoms with Crippen molar-refractivity contribution in [3.05, 3.63) is 29.6 Å². The van der Waals surface area contributed by atoms with Crippen LogP contribution in [0, 0.1) is 12.8 Å². The summed E-state index contributed by atoms with van der Waals surface area (Å²) in [5.41, 5.74) is 3.12. The molecule has 25 heavy (non-hydrogen) atoms. The molecule has 1 aliphatic heterocycles. The van der Waals surface area contributed by atoms with Crippen molar-refractivity contribution >= 4 is 16.9 Å². The van der Waals surface area contributed by atoms with Crippen LogP contribution in [0.4, 0.5) is 0 Å². The first-order chi connectivity index (χ1) is 12.0. The van der Waals surface area contributed by atoms with Gasteiger partial charge in [0.2, 0.25) is 5.91 Å². The fraction of sp³-hybridized carbons (Fsp3) is 0.579. The predicted molar refractivity (Wildman–Crippen MR) is 98.3 cm³/mol. The monoisotopic (exact) mass is 344 g/mol. The standard InChI is InChI=1S/C19H28N4O2/c1-12(2)18(21-14-6-8-25-9-7-14)19(24)20-11-17-22-15-5-4-13(3)10-16(15)23-17/h4-5,10,12,14,18,21H,6-9,11H2,1-3H3,(H,20,24)(H,22,23). The summed E-state index contributed by atoms with van der Waals surface area (Å²) in [6.45, 7) is 8.13. The fourth-order valence-electron chi connectivity index (χ4n) is 3.23. The normalized spacial score (nSPS) is 17.1. The van der Waals surface area contributed by atoms with Gasteiger partial charge in [-0.2, -0.15) is 0 Å². The summed E-state index contributed by atoms with van der Waals surface area (Å²) in [4.78, 5) is 20.5. The zero-order valence-electron chi connectivity index (χ0n) is 15.3. The molecular weight excluding hydrogens is 316 g/mol. The topological polar surface area (TPSA) is 79.0 Å². The smallest absolute Gasteiger partial charge is 0.237 e. The van der Waals surface area contributed by atoms with Crippen LogP contribution in [0.5, 0.6) is 0 Å². The number of aryl methyl sites for hydroxylation is 1. The lowest BCUT2D eigenvalue weighted by Gasteiger charge is -2.29. The lowest BCUT2D eigenvalue weighted by molar-refractivity contribution is -0.124. The molecule has 0 aliphatic carbocycles. The van der Waals surface area contributed by atoms with Crippen molar-refractivity contribution in [1.82, 2.24) is 20.6 Å². The molecule has 6 heteroatoms. The van der Waals surface area contributed by atoms with Crippen LogP contribution in [0.1, 0.15) is 38.1 Å². The predicted octanol–water partition coefficient (Wildman–Crippen LogP) is 2.28. The Balaban J connectivity index is 1.59. The summed E-state index contributed by atoms with van der Waals surface area (Å²) < 4.78 is 5.39. The van der Waals surface area contributed by atoms with Gasteiger partial charge in [-0.3, -0.25) is 4.79 Å². The van der Waals surface area contributed by atoms with E-state index in [-0.39, 0.29) is 17.9 Å². The molecule has 1 aromatic heterocycles. The Morgan fingerprint density at radius 1 is 1.36 bits per heavy atom. The lowest BCUT2D eigenvalue weighted by Crippen LogP contribution is -2.52. The Hall–Kier alpha value is -1.92. The van der Waals surface area contributed by atoms with E-state index in [1.165, 1.54) is 5.56 Å². The second-order valence-electron chi connectivity index (χ2n) is 7.20. The molecule has 0 saturated carbocycles. The van der Waals surface area contributed by atoms with Crippen LogP contribution in [0.25, 0.3) is 11.0 Å². The summed E-state index contributed by atoms with van der Waals surface area (Å²) in [6.07, 6.45) is 1.92. The minimum Gasteiger partial charge on any atom is -0.381 e. The molecule has 1 aromatic carbocycles. The molecule has 3 rings (SSSR count). The second kappa shape index (κ2) is 7.97. The first-order valence-electron chi connectivity index (χ1n) is 9.09. The Labute approximate surface area is 148 Å². The summed E-state index contributed by atoms with van der Waals surface area (Å²) >= 11 is 0. The van der Waals surface area contributed by atoms with Gasteiger partial charge < -0.3 is 20.4 Å². The maximum absolute atomic E-state index is 12.7. The van der Waals surface area contributed by atoms with Gasteiger partial charge >= 0.3 is 0 Å². The van der Waals surface area contributed by atoms with Crippen LogP contribution in [0.15, 0.2) is 18.2 Å². The highest BCUT2D eigenvalue weighted by Gasteiger charge is 2.26. The van der Waals surface area contributed by atoms with Gasteiger partial charge in [0.15, 0.2) is 0 Å². The van der Waals surface area contributed by atoms with E-state index in [4.69, 9.17) is 4.74 Å². The second-order valence-corrected chi connectivity index (χ2v) is 7.20. The molecule has 2 aromatic rings. The van der Waals surface area contributed by atoms with Crippen molar-refractivity contribution in [3.8, 4) is 0 Å². The van der Waals surface area contributed by atoms with Gasteiger partial charge in [-0.1, -0.05) is 19.9 Å². The van der Waals surface area contributed by atoms with Gasteiger partial charge in [-0.15, -0.1) is 0 Å². The van der Waals surface area contributed by atoms with Gasteiger partial charge in [0.05, 0.1) is 23.6 Å². The zero-order chi connectivity index (χ0) is 17.8. The van der Waals surface area contributed by atoms with Crippen LogP contribution >= 0.6 is 0 Å². The number of amides is 1. The molecule has 2 heterocycles. The van der Waals surface area contributed by atoms with Crippen LogP contribution in [-0.4, -0.2) is 41.2 Å². The van der Waals surface area contributed by atoms with E-state index >= 15 is 0 Å². The molecule has 0 radical (unpaired) electrons. The van der Waals surface area contributed by atoms with E-state index in [1.54, 1.807) is 0 Å². The first kappa shape index (κ1) is 17.9. The van der Waals surface area contributed by atoms with Crippen molar-refractivity contribution in [3.63, 3.8) is 0 Å². The highest BCUT2D eigenvalue weighted by atomic mass is 16.5. The van der Waals surface area contributed by atoms with Gasteiger partial charge in [-0.25, -0.2) is 4.98 Å². The summed E-state index contributed by atoms with van der Waals surface area (Å²) in [6, 6.07) is 6.25. The van der Waals surface area contributed by atoms with Crippen LogP contribution in [0.2, 0.25) is 0 Å². The van der Waals surface area contributed by atoms with Gasteiger partial charge in [0.25, 0.3) is 0 Å². The lowest BCUT2D eigenvalue weighted by atomic mass is 10.00. The van der Waals surface area contributed by atoms with Crippen molar-refractivity contribution in [2.24, 2.45) is 5.92 Å². The third-order valence-corrected chi connectivity index (χ3v) is 4.70. The van der Waals surface area contributed by atoms with E-state index in [0.29, 0.717) is 12.6 Å². The molecule has 6 nitrogen and oxygen atoms in total. The first-order valence-corrected chi connectivity index (χ1v) is 9.09. The number of ether oxygens (including phenoxy) is 1. The maximum Gasteiger partial charge on any atom is 0.237 e. The maximum atomic E-state index is 12.7. The Bertz CT molecular complexity index is 719. The van der Waals surface area contributed by atoms with Crippen molar-refractivity contribution < 1.29 is 9.53 Å². The SMILES string of the molecule is Cc1ccc2nc(CNC(=O)C(NC3CCOCC3)C(C)C)[nH]c2c1. The third-order valence-electron chi connectivity index (χ3n) is 4.70. The highest BCUT2D eigenvalue weighted by Crippen LogP contribution is 2.14. The van der Waals surface area contributed by atoms with E-state index < -0.39 is 0 Å². The number of benzene rings is 1. The zero-order valence-corrected chi connectivity index (χ0v) is 15.3. The molecule has 0 bridgehead atoms. The number of hydrogen-bond acceptors (Lipinski definition) is 4. The van der Waals surface area contributed by atoms with Crippen LogP contribution in [-0.2, 0) is 16.1 Å². The van der Waals surface area contributed by atoms with Crippen molar-refractivity contribution in [1.29, 1.82) is 0 Å². The quantitative estimate of drug-likeness (QED) is 0.751. The number of carbonyl (C=O) groups is 1. The number of hydrogen-bond donors (Lipinski definition) is 3. The van der Waals surface area contributed by atoms with Crippen molar-refractivity contribution in [2.75, 3.05) is 13.2 Å². The molecule has 0 spiro atoms. The number of aromatic nitrogens is 2. The molecule has 1 fully saturated rings. The number of H-pyrrole nitrogens is 1. The molecular formula is C19H28N4O2. The summed E-state index contributed by atoms with van der Waals surface area (Å²) in [5.74, 6) is 1.03. The number of rotatable bonds is 6. The van der Waals surface area contributed by atoms with Crippen molar-refractivity contribution in [2.45, 2.75) is 52.2 Å². The molecule has 1 unspecified atom stereocenters. The molecule has 1 aliphatic rings. The molecule has 136 valence electrons. The minimum absolute atomic E-state index is 0.0260. The number of nitrogens with zero attached hydrogens (tertiary/aromatic N) is 1. The van der Waals surface area contributed by atoms with E-state index in [9.17, 15) is 4.79 Å². The number of fused-ring (bicyclic) bond motifs is 1. The van der Waals surface area contributed by atoms with Crippen LogP contribution in [0.3, 0.4) is 0 Å². The van der Waals surface area contributed by atoms with E-state index in [0.717, 1.165) is 42.9 Å². The van der Waals surface area contributed by atoms with Crippen LogP contribution < -0.4 is 10.6 Å². The van der Waals surface area contributed by atoms with Gasteiger partial charge in [0.1, 0.15) is 5.82 Å². The Morgan fingerprint density at radius 2 is 2.12 bits per heavy atom. The molecule has 1 amide bonds. The Morgan fingerprint density at radius 3 is 2.84 bits per heavy atom. The number of aromatic amines is 1. The minimum atomic E-state index is -0.199. The van der Waals surface area contributed by atoms with E-state index in [1.807, 2.05) is 12.1 Å². The molecule has 3 N–H and O–H groups in total. The molecule has 1 atom stereocenters. The van der Waals surface area contributed by atoms with Gasteiger partial charge in [0, 0.05) is 19.3 Å². The molecule has 1 saturated heterocycles. The third kappa shape index (κ3) is 4.58. The highest BCUT2D eigenvalue weighted by molar-refractivity contribution is 5.82. The average Bonchev–Trinajstić information content (AvgIpc) is 3.00. The number of imidazole rings is 1. The fourth-order valence-corrected chi connectivity index (χ4v) is 3.23. The van der Waals surface area contributed by atoms with Gasteiger partial charge in [-0.05, 0) is 43.4 Å². The Kier molecular flexibility index (Phi) is 5.71. The largest absolute Gasteiger partial charge is 0.381 e. The van der Waals surface area contributed by atoms with E-state index in [2.05, 4.69) is 47.4 Å². The number of nitrogens with one attached hydrogen (secondary N) is 3. The summed E-state index contributed by atoms with van der Waals surface area (Å²) in [5, 5.41) is 6.52. The average molecular weight is 344 g/mol. The number of carbonyl (C=O) groups excluding carboxylic acids is 1.